The molecule has 0 saturated carbocycles. The van der Waals surface area contributed by atoms with E-state index in [4.69, 9.17) is 34.8 Å². The lowest BCUT2D eigenvalue weighted by Crippen LogP contribution is -2.53. The number of carbonyl (C=O) groups excluding carboxylic acids is 2. The molecule has 0 spiro atoms. The second-order valence-electron chi connectivity index (χ2n) is 10.2. The van der Waals surface area contributed by atoms with E-state index in [9.17, 15) is 18.0 Å². The molecule has 4 aromatic carbocycles. The molecule has 0 aliphatic heterocycles. The van der Waals surface area contributed by atoms with Crippen molar-refractivity contribution in [3.8, 4) is 0 Å². The minimum absolute atomic E-state index is 0.00655. The maximum atomic E-state index is 14.4. The van der Waals surface area contributed by atoms with Crippen molar-refractivity contribution in [3.63, 3.8) is 0 Å². The zero-order chi connectivity index (χ0) is 31.9. The second kappa shape index (κ2) is 14.9. The number of sulfonamides is 1. The molecule has 0 bridgehead atoms. The van der Waals surface area contributed by atoms with Gasteiger partial charge in [0.2, 0.25) is 11.8 Å². The smallest absolute Gasteiger partial charge is 0.264 e. The third-order valence-electron chi connectivity index (χ3n) is 6.94. The third-order valence-corrected chi connectivity index (χ3v) is 9.71. The number of benzene rings is 4. The fourth-order valence-electron chi connectivity index (χ4n) is 4.68. The summed E-state index contributed by atoms with van der Waals surface area (Å²) in [5, 5.41) is 3.66. The fraction of sp³-hybridized carbons (Fsp3) is 0.212. The first-order chi connectivity index (χ1) is 21.0. The number of hydrogen-bond acceptors (Lipinski definition) is 4. The molecule has 0 fully saturated rings. The van der Waals surface area contributed by atoms with Gasteiger partial charge in [0.1, 0.15) is 12.6 Å². The average molecular weight is 673 g/mol. The molecule has 1 atom stereocenters. The molecule has 1 N–H and O–H groups in total. The lowest BCUT2D eigenvalue weighted by Gasteiger charge is -2.34. The lowest BCUT2D eigenvalue weighted by molar-refractivity contribution is -0.140. The summed E-state index contributed by atoms with van der Waals surface area (Å²) in [6.45, 7) is 3.38. The highest BCUT2D eigenvalue weighted by molar-refractivity contribution is 7.92. The Hall–Kier alpha value is -3.56. The van der Waals surface area contributed by atoms with Crippen LogP contribution in [0.4, 0.5) is 5.69 Å². The van der Waals surface area contributed by atoms with E-state index in [0.717, 1.165) is 15.4 Å². The van der Waals surface area contributed by atoms with E-state index < -0.39 is 28.5 Å². The van der Waals surface area contributed by atoms with Gasteiger partial charge < -0.3 is 10.2 Å². The van der Waals surface area contributed by atoms with E-state index >= 15 is 0 Å². The van der Waals surface area contributed by atoms with Crippen molar-refractivity contribution in [3.05, 3.63) is 129 Å². The van der Waals surface area contributed by atoms with Crippen molar-refractivity contribution in [1.82, 2.24) is 10.2 Å². The maximum absolute atomic E-state index is 14.4. The number of nitrogens with one attached hydrogen (secondary N) is 1. The van der Waals surface area contributed by atoms with Gasteiger partial charge in [-0.2, -0.15) is 0 Å². The van der Waals surface area contributed by atoms with Gasteiger partial charge >= 0.3 is 0 Å². The highest BCUT2D eigenvalue weighted by atomic mass is 35.5. The topological polar surface area (TPSA) is 86.8 Å². The van der Waals surface area contributed by atoms with Gasteiger partial charge in [-0.15, -0.1) is 0 Å². The summed E-state index contributed by atoms with van der Waals surface area (Å²) in [5.74, 6) is -0.965. The number of rotatable bonds is 12. The van der Waals surface area contributed by atoms with Gasteiger partial charge in [0.15, 0.2) is 0 Å². The summed E-state index contributed by atoms with van der Waals surface area (Å²) in [6.07, 6.45) is 0.205. The molecule has 2 amide bonds. The van der Waals surface area contributed by atoms with Gasteiger partial charge in [0.05, 0.1) is 20.6 Å². The van der Waals surface area contributed by atoms with Gasteiger partial charge in [-0.05, 0) is 67.4 Å². The molecule has 4 rings (SSSR count). The minimum atomic E-state index is -4.26. The molecule has 4 aromatic rings. The predicted octanol–water partition coefficient (Wildman–Crippen LogP) is 6.93. The second-order valence-corrected chi connectivity index (χ2v) is 13.3. The van der Waals surface area contributed by atoms with Gasteiger partial charge in [-0.3, -0.25) is 13.9 Å². The van der Waals surface area contributed by atoms with Crippen molar-refractivity contribution in [1.29, 1.82) is 0 Å². The fourth-order valence-corrected chi connectivity index (χ4v) is 6.60. The lowest BCUT2D eigenvalue weighted by atomic mass is 10.0. The Labute approximate surface area is 273 Å². The van der Waals surface area contributed by atoms with Crippen LogP contribution < -0.4 is 9.62 Å². The SMILES string of the molecule is CCNC(=O)C(Cc1ccccc1)N(Cc1cccc(Cl)c1)C(=O)CN(c1ccc(Cl)c(Cl)c1)S(=O)(=O)c1ccc(C)cc1. The average Bonchev–Trinajstić information content (AvgIpc) is 3.00. The van der Waals surface area contributed by atoms with Crippen LogP contribution >= 0.6 is 34.8 Å². The Morgan fingerprint density at radius 3 is 2.14 bits per heavy atom. The molecule has 230 valence electrons. The Morgan fingerprint density at radius 2 is 1.50 bits per heavy atom. The van der Waals surface area contributed by atoms with Crippen LogP contribution in [0.25, 0.3) is 0 Å². The van der Waals surface area contributed by atoms with Crippen molar-refractivity contribution in [2.24, 2.45) is 0 Å². The molecule has 1 unspecified atom stereocenters. The Morgan fingerprint density at radius 1 is 0.818 bits per heavy atom. The van der Waals surface area contributed by atoms with E-state index in [-0.39, 0.29) is 39.5 Å². The van der Waals surface area contributed by atoms with Crippen LogP contribution in [-0.2, 0) is 32.6 Å². The van der Waals surface area contributed by atoms with Gasteiger partial charge in [-0.1, -0.05) is 95.0 Å². The van der Waals surface area contributed by atoms with Crippen molar-refractivity contribution in [2.45, 2.75) is 37.8 Å². The maximum Gasteiger partial charge on any atom is 0.264 e. The highest BCUT2D eigenvalue weighted by Crippen LogP contribution is 2.31. The van der Waals surface area contributed by atoms with Crippen LogP contribution in [0, 0.1) is 6.92 Å². The molecule has 44 heavy (non-hydrogen) atoms. The van der Waals surface area contributed by atoms with Crippen LogP contribution in [0.5, 0.6) is 0 Å². The third kappa shape index (κ3) is 8.33. The highest BCUT2D eigenvalue weighted by Gasteiger charge is 2.34. The summed E-state index contributed by atoms with van der Waals surface area (Å²) in [7, 11) is -4.26. The van der Waals surface area contributed by atoms with Crippen molar-refractivity contribution in [2.75, 3.05) is 17.4 Å². The zero-order valence-electron chi connectivity index (χ0n) is 24.2. The van der Waals surface area contributed by atoms with Gasteiger partial charge in [0.25, 0.3) is 10.0 Å². The molecule has 0 aliphatic rings. The van der Waals surface area contributed by atoms with Crippen LogP contribution in [0.2, 0.25) is 15.1 Å². The summed E-state index contributed by atoms with van der Waals surface area (Å²) >= 11 is 18.7. The number of hydrogen-bond donors (Lipinski definition) is 1. The molecule has 11 heteroatoms. The summed E-state index contributed by atoms with van der Waals surface area (Å²) < 4.78 is 29.2. The van der Waals surface area contributed by atoms with Crippen molar-refractivity contribution >= 4 is 62.3 Å². The molecular formula is C33H32Cl3N3O4S. The summed E-state index contributed by atoms with van der Waals surface area (Å²) in [6, 6.07) is 26.0. The molecule has 0 heterocycles. The number of halogens is 3. The first-order valence-electron chi connectivity index (χ1n) is 13.9. The van der Waals surface area contributed by atoms with E-state index in [1.807, 2.05) is 37.3 Å². The molecular weight excluding hydrogens is 641 g/mol. The minimum Gasteiger partial charge on any atom is -0.355 e. The first-order valence-corrected chi connectivity index (χ1v) is 16.5. The zero-order valence-corrected chi connectivity index (χ0v) is 27.3. The Kier molecular flexibility index (Phi) is 11.3. The number of likely N-dealkylation sites (N-methyl/N-ethyl adjacent to an activating group) is 1. The molecule has 0 radical (unpaired) electrons. The number of carbonyl (C=O) groups is 2. The van der Waals surface area contributed by atoms with Crippen LogP contribution in [0.1, 0.15) is 23.6 Å². The van der Waals surface area contributed by atoms with Crippen LogP contribution in [-0.4, -0.2) is 44.3 Å². The summed E-state index contributed by atoms with van der Waals surface area (Å²) in [5.41, 5.74) is 2.53. The largest absolute Gasteiger partial charge is 0.355 e. The molecule has 0 aromatic heterocycles. The quantitative estimate of drug-likeness (QED) is 0.177. The predicted molar refractivity (Wildman–Crippen MR) is 177 cm³/mol. The van der Waals surface area contributed by atoms with Crippen molar-refractivity contribution < 1.29 is 18.0 Å². The standard InChI is InChI=1S/C33H32Cl3N3O4S/c1-3-37-33(41)31(19-24-8-5-4-6-9-24)38(21-25-10-7-11-26(34)18-25)32(40)22-39(27-14-17-29(35)30(36)20-27)44(42,43)28-15-12-23(2)13-16-28/h4-18,20,31H,3,19,21-22H2,1-2H3,(H,37,41). The monoisotopic (exact) mass is 671 g/mol. The normalized spacial score (nSPS) is 11.9. The van der Waals surface area contributed by atoms with E-state index in [1.165, 1.54) is 35.2 Å². The van der Waals surface area contributed by atoms with E-state index in [2.05, 4.69) is 5.32 Å². The number of amides is 2. The molecule has 0 saturated heterocycles. The van der Waals surface area contributed by atoms with E-state index in [0.29, 0.717) is 17.1 Å². The van der Waals surface area contributed by atoms with Crippen LogP contribution in [0.3, 0.4) is 0 Å². The molecule has 0 aliphatic carbocycles. The number of nitrogens with zero attached hydrogens (tertiary/aromatic N) is 2. The Bertz CT molecular complexity index is 1720. The molecule has 7 nitrogen and oxygen atoms in total. The number of anilines is 1. The summed E-state index contributed by atoms with van der Waals surface area (Å²) in [4.78, 5) is 29.3. The first kappa shape index (κ1) is 33.3. The van der Waals surface area contributed by atoms with E-state index in [1.54, 1.807) is 43.3 Å². The Balaban J connectivity index is 1.81. The van der Waals surface area contributed by atoms with Crippen LogP contribution in [0.15, 0.2) is 102 Å². The number of aryl methyl sites for hydroxylation is 1. The van der Waals surface area contributed by atoms with Gasteiger partial charge in [0, 0.05) is 24.5 Å². The van der Waals surface area contributed by atoms with Gasteiger partial charge in [-0.25, -0.2) is 8.42 Å².